The van der Waals surface area contributed by atoms with Crippen molar-refractivity contribution in [1.82, 2.24) is 0 Å². The monoisotopic (exact) mass is 322 g/mol. The van der Waals surface area contributed by atoms with Crippen molar-refractivity contribution in [3.63, 3.8) is 0 Å². The number of ether oxygens (including phenoxy) is 2. The highest BCUT2D eigenvalue weighted by Gasteiger charge is 2.07. The van der Waals surface area contributed by atoms with E-state index in [1.54, 1.807) is 18.9 Å². The fraction of sp³-hybridized carbons (Fsp3) is 0.100. The van der Waals surface area contributed by atoms with Crippen molar-refractivity contribution in [3.8, 4) is 17.2 Å². The van der Waals surface area contributed by atoms with Gasteiger partial charge in [0.2, 0.25) is 0 Å². The molecule has 0 unspecified atom stereocenters. The summed E-state index contributed by atoms with van der Waals surface area (Å²) in [6, 6.07) is 26.1. The summed E-state index contributed by atoms with van der Waals surface area (Å²) in [6.45, 7) is 0. The largest absolute Gasteiger partial charge is 0.495 e. The molecule has 0 amide bonds. The third-order valence-electron chi connectivity index (χ3n) is 3.35. The fourth-order valence-electron chi connectivity index (χ4n) is 2.19. The number of hydrogen-bond donors (Lipinski definition) is 0. The molecule has 3 aromatic carbocycles. The average molecular weight is 322 g/mol. The van der Waals surface area contributed by atoms with E-state index in [0.29, 0.717) is 0 Å². The van der Waals surface area contributed by atoms with Crippen LogP contribution >= 0.6 is 11.8 Å². The third kappa shape index (κ3) is 4.30. The van der Waals surface area contributed by atoms with Crippen molar-refractivity contribution >= 4 is 11.8 Å². The lowest BCUT2D eigenvalue weighted by Crippen LogP contribution is -1.90. The van der Waals surface area contributed by atoms with Crippen LogP contribution in [0.15, 0.2) is 83.8 Å². The maximum atomic E-state index is 5.85. The molecule has 0 aliphatic rings. The number of hydrogen-bond acceptors (Lipinski definition) is 3. The van der Waals surface area contributed by atoms with Crippen LogP contribution < -0.4 is 9.47 Å². The number of thioether (sulfide) groups is 1. The van der Waals surface area contributed by atoms with Crippen LogP contribution in [0.4, 0.5) is 0 Å². The van der Waals surface area contributed by atoms with Gasteiger partial charge in [0.25, 0.3) is 0 Å². The van der Waals surface area contributed by atoms with Gasteiger partial charge >= 0.3 is 0 Å². The first-order chi connectivity index (χ1) is 11.3. The Morgan fingerprint density at radius 1 is 0.783 bits per heavy atom. The highest BCUT2D eigenvalue weighted by atomic mass is 32.2. The first-order valence-corrected chi connectivity index (χ1v) is 8.41. The third-order valence-corrected chi connectivity index (χ3v) is 4.48. The number of para-hydroxylation sites is 1. The van der Waals surface area contributed by atoms with Gasteiger partial charge in [0, 0.05) is 16.7 Å². The average Bonchev–Trinajstić information content (AvgIpc) is 2.62. The molecule has 0 aromatic heterocycles. The van der Waals surface area contributed by atoms with Crippen LogP contribution in [0.2, 0.25) is 0 Å². The van der Waals surface area contributed by atoms with E-state index < -0.39 is 0 Å². The van der Waals surface area contributed by atoms with Gasteiger partial charge in [0.15, 0.2) is 0 Å². The lowest BCUT2D eigenvalue weighted by atomic mass is 10.2. The summed E-state index contributed by atoms with van der Waals surface area (Å²) in [4.78, 5) is 1.11. The molecule has 0 N–H and O–H groups in total. The normalized spacial score (nSPS) is 10.3. The van der Waals surface area contributed by atoms with Gasteiger partial charge in [-0.2, -0.15) is 0 Å². The Kier molecular flexibility index (Phi) is 5.22. The molecule has 116 valence electrons. The summed E-state index contributed by atoms with van der Waals surface area (Å²) in [5.41, 5.74) is 1.30. The van der Waals surface area contributed by atoms with E-state index in [-0.39, 0.29) is 0 Å². The summed E-state index contributed by atoms with van der Waals surface area (Å²) in [7, 11) is 1.69. The number of methoxy groups -OCH3 is 1. The topological polar surface area (TPSA) is 18.5 Å². The minimum atomic E-state index is 0.775. The molecule has 0 saturated carbocycles. The Hall–Kier alpha value is -2.39. The molecule has 23 heavy (non-hydrogen) atoms. The molecule has 0 fully saturated rings. The van der Waals surface area contributed by atoms with Crippen molar-refractivity contribution in [3.05, 3.63) is 84.4 Å². The van der Waals surface area contributed by atoms with Crippen molar-refractivity contribution in [2.75, 3.05) is 7.11 Å². The summed E-state index contributed by atoms with van der Waals surface area (Å²) in [5.74, 6) is 3.34. The van der Waals surface area contributed by atoms with Crippen molar-refractivity contribution in [2.45, 2.75) is 10.6 Å². The van der Waals surface area contributed by atoms with Gasteiger partial charge in [-0.05, 0) is 29.8 Å². The lowest BCUT2D eigenvalue weighted by Gasteiger charge is -2.11. The predicted octanol–water partition coefficient (Wildman–Crippen LogP) is 5.78. The number of rotatable bonds is 6. The van der Waals surface area contributed by atoms with E-state index in [1.165, 1.54) is 5.56 Å². The van der Waals surface area contributed by atoms with Crippen LogP contribution in [-0.4, -0.2) is 7.11 Å². The van der Waals surface area contributed by atoms with Crippen LogP contribution in [0.1, 0.15) is 5.56 Å². The van der Waals surface area contributed by atoms with Crippen LogP contribution in [0.25, 0.3) is 0 Å². The molecule has 3 rings (SSSR count). The van der Waals surface area contributed by atoms with Crippen molar-refractivity contribution < 1.29 is 9.47 Å². The van der Waals surface area contributed by atoms with Gasteiger partial charge in [0.05, 0.1) is 7.11 Å². The first-order valence-electron chi connectivity index (χ1n) is 7.43. The first kappa shape index (κ1) is 15.5. The summed E-state index contributed by atoms with van der Waals surface area (Å²) in [6.07, 6.45) is 0. The van der Waals surface area contributed by atoms with Gasteiger partial charge < -0.3 is 9.47 Å². The lowest BCUT2D eigenvalue weighted by molar-refractivity contribution is 0.399. The Balaban J connectivity index is 1.72. The predicted molar refractivity (Wildman–Crippen MR) is 95.5 cm³/mol. The van der Waals surface area contributed by atoms with Crippen molar-refractivity contribution in [2.24, 2.45) is 0 Å². The second kappa shape index (κ2) is 7.75. The standard InChI is InChI=1S/C20H18O2S/c1-21-19-14-18(22-17-10-6-3-7-11-17)12-13-20(19)23-15-16-8-4-2-5-9-16/h2-14H,15H2,1H3. The van der Waals surface area contributed by atoms with E-state index in [1.807, 2.05) is 54.6 Å². The molecule has 3 aromatic rings. The molecule has 0 saturated heterocycles. The zero-order chi connectivity index (χ0) is 15.9. The van der Waals surface area contributed by atoms with Gasteiger partial charge in [0.1, 0.15) is 17.2 Å². The highest BCUT2D eigenvalue weighted by Crippen LogP contribution is 2.35. The van der Waals surface area contributed by atoms with Crippen LogP contribution in [0, 0.1) is 0 Å². The van der Waals surface area contributed by atoms with E-state index in [4.69, 9.17) is 9.47 Å². The molecule has 0 radical (unpaired) electrons. The molecule has 0 spiro atoms. The summed E-state index contributed by atoms with van der Waals surface area (Å²) in [5, 5.41) is 0. The molecule has 2 nitrogen and oxygen atoms in total. The second-order valence-corrected chi connectivity index (χ2v) is 6.02. The molecule has 0 aliphatic heterocycles. The highest BCUT2D eigenvalue weighted by molar-refractivity contribution is 7.98. The molecule has 0 aliphatic carbocycles. The quantitative estimate of drug-likeness (QED) is 0.536. The number of benzene rings is 3. The Morgan fingerprint density at radius 3 is 2.17 bits per heavy atom. The van der Waals surface area contributed by atoms with E-state index in [9.17, 15) is 0 Å². The minimum Gasteiger partial charge on any atom is -0.495 e. The van der Waals surface area contributed by atoms with Crippen LogP contribution in [0.5, 0.6) is 17.2 Å². The molecule has 0 bridgehead atoms. The van der Waals surface area contributed by atoms with Crippen LogP contribution in [-0.2, 0) is 5.75 Å². The van der Waals surface area contributed by atoms with E-state index in [0.717, 1.165) is 27.9 Å². The fourth-order valence-corrected chi connectivity index (χ4v) is 3.15. The van der Waals surface area contributed by atoms with Crippen molar-refractivity contribution in [1.29, 1.82) is 0 Å². The van der Waals surface area contributed by atoms with Gasteiger partial charge in [-0.1, -0.05) is 48.5 Å². The van der Waals surface area contributed by atoms with Gasteiger partial charge in [-0.25, -0.2) is 0 Å². The molecular formula is C20H18O2S. The van der Waals surface area contributed by atoms with Gasteiger partial charge in [-0.15, -0.1) is 11.8 Å². The second-order valence-electron chi connectivity index (χ2n) is 5.00. The zero-order valence-electron chi connectivity index (χ0n) is 12.9. The Labute approximate surface area is 141 Å². The minimum absolute atomic E-state index is 0.775. The summed E-state index contributed by atoms with van der Waals surface area (Å²) < 4.78 is 11.4. The van der Waals surface area contributed by atoms with E-state index in [2.05, 4.69) is 24.3 Å². The Bertz CT molecular complexity index is 742. The van der Waals surface area contributed by atoms with Crippen LogP contribution in [0.3, 0.4) is 0 Å². The van der Waals surface area contributed by atoms with Gasteiger partial charge in [-0.3, -0.25) is 0 Å². The summed E-state index contributed by atoms with van der Waals surface area (Å²) >= 11 is 1.76. The van der Waals surface area contributed by atoms with E-state index >= 15 is 0 Å². The Morgan fingerprint density at radius 2 is 1.48 bits per heavy atom. The molecule has 0 atom stereocenters. The maximum absolute atomic E-state index is 5.85. The maximum Gasteiger partial charge on any atom is 0.136 e. The smallest absolute Gasteiger partial charge is 0.136 e. The molecule has 3 heteroatoms. The molecule has 0 heterocycles. The molecular weight excluding hydrogens is 304 g/mol. The SMILES string of the molecule is COc1cc(Oc2ccccc2)ccc1SCc1ccccc1. The zero-order valence-corrected chi connectivity index (χ0v) is 13.8.